The van der Waals surface area contributed by atoms with E-state index in [0.29, 0.717) is 0 Å². The van der Waals surface area contributed by atoms with Gasteiger partial charge >= 0.3 is 0 Å². The molecule has 1 aromatic rings. The minimum absolute atomic E-state index is 0.221. The smallest absolute Gasteiger partial charge is 0.161 e. The number of rotatable bonds is 9. The Labute approximate surface area is 109 Å². The van der Waals surface area contributed by atoms with Crippen molar-refractivity contribution in [1.29, 1.82) is 0 Å². The van der Waals surface area contributed by atoms with Crippen molar-refractivity contribution in [3.8, 4) is 5.75 Å². The van der Waals surface area contributed by atoms with E-state index in [9.17, 15) is 0 Å². The molecule has 1 rings (SSSR count). The van der Waals surface area contributed by atoms with E-state index < -0.39 is 0 Å². The molecule has 0 spiro atoms. The zero-order valence-corrected chi connectivity index (χ0v) is 11.9. The lowest BCUT2D eigenvalue weighted by Crippen LogP contribution is -2.25. The molecule has 0 aliphatic carbocycles. The van der Waals surface area contributed by atoms with E-state index in [0.717, 1.165) is 44.0 Å². The molecule has 1 unspecified atom stereocenters. The quantitative estimate of drug-likeness (QED) is 0.733. The van der Waals surface area contributed by atoms with E-state index in [1.54, 1.807) is 20.4 Å². The summed E-state index contributed by atoms with van der Waals surface area (Å²) in [6.07, 6.45) is 3.76. The number of methoxy groups -OCH3 is 2. The van der Waals surface area contributed by atoms with E-state index in [2.05, 4.69) is 24.3 Å². The van der Waals surface area contributed by atoms with Gasteiger partial charge in [0.2, 0.25) is 0 Å². The summed E-state index contributed by atoms with van der Waals surface area (Å²) in [5.41, 5.74) is 1.12. The topological polar surface area (TPSA) is 48.3 Å². The Morgan fingerprint density at radius 3 is 2.72 bits per heavy atom. The largest absolute Gasteiger partial charge is 0.493 e. The van der Waals surface area contributed by atoms with Gasteiger partial charge in [0.25, 0.3) is 0 Å². The zero-order valence-electron chi connectivity index (χ0n) is 11.9. The first-order valence-corrected chi connectivity index (χ1v) is 6.60. The molecule has 0 bridgehead atoms. The van der Waals surface area contributed by atoms with Gasteiger partial charge in [-0.3, -0.25) is 4.68 Å². The first-order chi connectivity index (χ1) is 8.78. The molecule has 0 fully saturated rings. The second-order valence-corrected chi connectivity index (χ2v) is 4.21. The van der Waals surface area contributed by atoms with Gasteiger partial charge in [-0.1, -0.05) is 13.8 Å². The van der Waals surface area contributed by atoms with Crippen molar-refractivity contribution in [3.63, 3.8) is 0 Å². The van der Waals surface area contributed by atoms with Gasteiger partial charge in [-0.2, -0.15) is 5.10 Å². The zero-order chi connectivity index (χ0) is 13.4. The summed E-state index contributed by atoms with van der Waals surface area (Å²) in [4.78, 5) is 0. The van der Waals surface area contributed by atoms with Crippen molar-refractivity contribution < 1.29 is 9.47 Å². The Kier molecular flexibility index (Phi) is 6.75. The van der Waals surface area contributed by atoms with Crippen LogP contribution in [0.15, 0.2) is 6.20 Å². The first kappa shape index (κ1) is 15.0. The fraction of sp³-hybridized carbons (Fsp3) is 0.769. The van der Waals surface area contributed by atoms with Crippen LogP contribution in [0.2, 0.25) is 0 Å². The van der Waals surface area contributed by atoms with Gasteiger partial charge in [-0.05, 0) is 19.4 Å². The van der Waals surface area contributed by atoms with Crippen molar-refractivity contribution >= 4 is 0 Å². The molecule has 0 saturated heterocycles. The standard InChI is InChI=1S/C13H25N3O2/c1-5-8-16-13(12(18-4)10-15-16)11(14-6-2)7-9-17-3/h10-11,14H,5-9H2,1-4H3. The van der Waals surface area contributed by atoms with Crippen molar-refractivity contribution in [2.45, 2.75) is 39.3 Å². The summed E-state index contributed by atoms with van der Waals surface area (Å²) in [7, 11) is 3.42. The Balaban J connectivity index is 2.94. The maximum absolute atomic E-state index is 5.42. The molecule has 0 amide bonds. The van der Waals surface area contributed by atoms with Crippen molar-refractivity contribution in [2.75, 3.05) is 27.4 Å². The minimum Gasteiger partial charge on any atom is -0.493 e. The number of hydrogen-bond acceptors (Lipinski definition) is 4. The van der Waals surface area contributed by atoms with Crippen LogP contribution in [0.25, 0.3) is 0 Å². The SMILES string of the molecule is CCCn1ncc(OC)c1C(CCOC)NCC. The molecule has 18 heavy (non-hydrogen) atoms. The Morgan fingerprint density at radius 2 is 2.17 bits per heavy atom. The number of hydrogen-bond donors (Lipinski definition) is 1. The average Bonchev–Trinajstić information content (AvgIpc) is 2.78. The third kappa shape index (κ3) is 3.71. The molecule has 0 aromatic carbocycles. The van der Waals surface area contributed by atoms with Gasteiger partial charge in [-0.25, -0.2) is 0 Å². The highest BCUT2D eigenvalue weighted by Gasteiger charge is 2.20. The van der Waals surface area contributed by atoms with Crippen LogP contribution in [-0.2, 0) is 11.3 Å². The van der Waals surface area contributed by atoms with E-state index in [1.165, 1.54) is 0 Å². The van der Waals surface area contributed by atoms with Crippen molar-refractivity contribution in [1.82, 2.24) is 15.1 Å². The average molecular weight is 255 g/mol. The van der Waals surface area contributed by atoms with Crippen LogP contribution in [0.1, 0.15) is 38.4 Å². The molecule has 104 valence electrons. The lowest BCUT2D eigenvalue weighted by Gasteiger charge is -2.20. The second-order valence-electron chi connectivity index (χ2n) is 4.21. The van der Waals surface area contributed by atoms with Crippen LogP contribution in [0, 0.1) is 0 Å². The third-order valence-electron chi connectivity index (χ3n) is 2.89. The van der Waals surface area contributed by atoms with E-state index in [1.807, 2.05) is 4.68 Å². The van der Waals surface area contributed by atoms with Crippen LogP contribution >= 0.6 is 0 Å². The van der Waals surface area contributed by atoms with E-state index in [-0.39, 0.29) is 6.04 Å². The summed E-state index contributed by atoms with van der Waals surface area (Å²) < 4.78 is 12.6. The van der Waals surface area contributed by atoms with Gasteiger partial charge in [0.1, 0.15) is 0 Å². The van der Waals surface area contributed by atoms with Gasteiger partial charge in [0, 0.05) is 20.3 Å². The van der Waals surface area contributed by atoms with Gasteiger partial charge in [0.15, 0.2) is 5.75 Å². The predicted octanol–water partition coefficient (Wildman–Crippen LogP) is 1.99. The minimum atomic E-state index is 0.221. The lowest BCUT2D eigenvalue weighted by molar-refractivity contribution is 0.181. The number of nitrogens with zero attached hydrogens (tertiary/aromatic N) is 2. The highest BCUT2D eigenvalue weighted by atomic mass is 16.5. The Bertz CT molecular complexity index is 339. The molecule has 0 aliphatic rings. The Morgan fingerprint density at radius 1 is 1.39 bits per heavy atom. The van der Waals surface area contributed by atoms with Gasteiger partial charge in [-0.15, -0.1) is 0 Å². The highest BCUT2D eigenvalue weighted by Crippen LogP contribution is 2.27. The Hall–Kier alpha value is -1.07. The lowest BCUT2D eigenvalue weighted by atomic mass is 10.1. The third-order valence-corrected chi connectivity index (χ3v) is 2.89. The number of aryl methyl sites for hydroxylation is 1. The highest BCUT2D eigenvalue weighted by molar-refractivity contribution is 5.28. The number of ether oxygens (including phenoxy) is 2. The number of nitrogens with one attached hydrogen (secondary N) is 1. The van der Waals surface area contributed by atoms with Gasteiger partial charge in [0.05, 0.1) is 25.0 Å². The first-order valence-electron chi connectivity index (χ1n) is 6.60. The fourth-order valence-corrected chi connectivity index (χ4v) is 2.09. The second kappa shape index (κ2) is 8.11. The molecule has 1 N–H and O–H groups in total. The molecular formula is C13H25N3O2. The van der Waals surface area contributed by atoms with E-state index in [4.69, 9.17) is 9.47 Å². The van der Waals surface area contributed by atoms with Crippen molar-refractivity contribution in [2.24, 2.45) is 0 Å². The van der Waals surface area contributed by atoms with Crippen LogP contribution in [-0.4, -0.2) is 37.2 Å². The monoisotopic (exact) mass is 255 g/mol. The van der Waals surface area contributed by atoms with E-state index >= 15 is 0 Å². The van der Waals surface area contributed by atoms with Gasteiger partial charge < -0.3 is 14.8 Å². The van der Waals surface area contributed by atoms with Crippen LogP contribution in [0.3, 0.4) is 0 Å². The maximum atomic E-state index is 5.42. The predicted molar refractivity (Wildman–Crippen MR) is 72.0 cm³/mol. The summed E-state index contributed by atoms with van der Waals surface area (Å²) in [6, 6.07) is 0.221. The van der Waals surface area contributed by atoms with Crippen LogP contribution < -0.4 is 10.1 Å². The molecule has 1 aromatic heterocycles. The normalized spacial score (nSPS) is 12.7. The summed E-state index contributed by atoms with van der Waals surface area (Å²) in [5, 5.41) is 7.87. The maximum Gasteiger partial charge on any atom is 0.161 e. The molecule has 0 saturated carbocycles. The molecule has 5 nitrogen and oxygen atoms in total. The molecule has 0 aliphatic heterocycles. The number of aromatic nitrogens is 2. The fourth-order valence-electron chi connectivity index (χ4n) is 2.09. The van der Waals surface area contributed by atoms with Crippen molar-refractivity contribution in [3.05, 3.63) is 11.9 Å². The van der Waals surface area contributed by atoms with Crippen LogP contribution in [0.5, 0.6) is 5.75 Å². The summed E-state index contributed by atoms with van der Waals surface area (Å²) in [6.45, 7) is 6.79. The molecular weight excluding hydrogens is 230 g/mol. The molecule has 5 heteroatoms. The molecule has 0 radical (unpaired) electrons. The molecule has 1 heterocycles. The summed E-state index contributed by atoms with van der Waals surface area (Å²) >= 11 is 0. The molecule has 1 atom stereocenters. The van der Waals surface area contributed by atoms with Crippen LogP contribution in [0.4, 0.5) is 0 Å². The summed E-state index contributed by atoms with van der Waals surface area (Å²) in [5.74, 6) is 0.852.